The molecule has 0 aromatic carbocycles. The van der Waals surface area contributed by atoms with Crippen molar-refractivity contribution in [1.29, 1.82) is 0 Å². The first-order chi connectivity index (χ1) is 11.5. The third-order valence-electron chi connectivity index (χ3n) is 4.65. The van der Waals surface area contributed by atoms with Crippen LogP contribution >= 0.6 is 0 Å². The molecule has 3 rings (SSSR count). The van der Waals surface area contributed by atoms with Crippen LogP contribution in [-0.4, -0.2) is 39.3 Å². The van der Waals surface area contributed by atoms with Gasteiger partial charge in [0, 0.05) is 18.2 Å². The van der Waals surface area contributed by atoms with Gasteiger partial charge in [-0.1, -0.05) is 5.16 Å². The average molecular weight is 331 g/mol. The summed E-state index contributed by atoms with van der Waals surface area (Å²) in [7, 11) is 1.91. The molecule has 0 aliphatic heterocycles. The van der Waals surface area contributed by atoms with Crippen molar-refractivity contribution in [1.82, 2.24) is 19.8 Å². The Hall–Kier alpha value is -2.15. The summed E-state index contributed by atoms with van der Waals surface area (Å²) >= 11 is 0. The molecule has 0 unspecified atom stereocenters. The summed E-state index contributed by atoms with van der Waals surface area (Å²) in [6, 6.07) is 2.18. The minimum Gasteiger partial charge on any atom is -0.361 e. The Labute approximate surface area is 142 Å². The molecule has 0 saturated heterocycles. The molecule has 24 heavy (non-hydrogen) atoms. The van der Waals surface area contributed by atoms with E-state index in [1.165, 1.54) is 12.8 Å². The van der Waals surface area contributed by atoms with Crippen LogP contribution in [0.2, 0.25) is 0 Å². The van der Waals surface area contributed by atoms with E-state index in [4.69, 9.17) is 4.52 Å². The number of carbonyl (C=O) groups is 1. The highest BCUT2D eigenvalue weighted by Crippen LogP contribution is 2.40. The third kappa shape index (κ3) is 3.67. The number of amides is 1. The van der Waals surface area contributed by atoms with E-state index in [1.807, 2.05) is 36.5 Å². The van der Waals surface area contributed by atoms with Crippen molar-refractivity contribution >= 4 is 11.7 Å². The van der Waals surface area contributed by atoms with Gasteiger partial charge in [-0.3, -0.25) is 9.69 Å². The molecule has 2 aromatic rings. The van der Waals surface area contributed by atoms with Crippen molar-refractivity contribution in [3.05, 3.63) is 29.3 Å². The van der Waals surface area contributed by atoms with Crippen LogP contribution in [-0.2, 0) is 11.3 Å². The zero-order chi connectivity index (χ0) is 17.3. The summed E-state index contributed by atoms with van der Waals surface area (Å²) in [4.78, 5) is 14.3. The van der Waals surface area contributed by atoms with Crippen molar-refractivity contribution < 1.29 is 9.32 Å². The summed E-state index contributed by atoms with van der Waals surface area (Å²) in [5.74, 6) is 2.21. The molecule has 0 radical (unpaired) electrons. The Balaban J connectivity index is 1.57. The minimum absolute atomic E-state index is 0.0472. The predicted molar refractivity (Wildman–Crippen MR) is 90.6 cm³/mol. The van der Waals surface area contributed by atoms with Gasteiger partial charge in [-0.05, 0) is 46.6 Å². The van der Waals surface area contributed by atoms with Gasteiger partial charge in [0.05, 0.1) is 24.5 Å². The normalized spacial score (nSPS) is 15.7. The molecular formula is C17H25N5O2. The van der Waals surface area contributed by atoms with E-state index in [-0.39, 0.29) is 5.91 Å². The van der Waals surface area contributed by atoms with E-state index in [9.17, 15) is 4.79 Å². The van der Waals surface area contributed by atoms with Crippen LogP contribution in [0.3, 0.4) is 0 Å². The largest absolute Gasteiger partial charge is 0.361 e. The van der Waals surface area contributed by atoms with Gasteiger partial charge in [0.15, 0.2) is 0 Å². The van der Waals surface area contributed by atoms with Gasteiger partial charge >= 0.3 is 0 Å². The molecule has 2 heterocycles. The lowest BCUT2D eigenvalue weighted by Crippen LogP contribution is -2.31. The first-order valence-electron chi connectivity index (χ1n) is 8.39. The molecule has 7 heteroatoms. The fourth-order valence-corrected chi connectivity index (χ4v) is 3.00. The predicted octanol–water partition coefficient (Wildman–Crippen LogP) is 2.53. The summed E-state index contributed by atoms with van der Waals surface area (Å²) in [5, 5.41) is 11.3. The van der Waals surface area contributed by atoms with E-state index in [0.29, 0.717) is 25.0 Å². The Bertz CT molecular complexity index is 697. The van der Waals surface area contributed by atoms with E-state index >= 15 is 0 Å². The maximum absolute atomic E-state index is 12.3. The van der Waals surface area contributed by atoms with Gasteiger partial charge in [0.1, 0.15) is 11.6 Å². The highest BCUT2D eigenvalue weighted by atomic mass is 16.5. The first-order valence-corrected chi connectivity index (χ1v) is 8.39. The summed E-state index contributed by atoms with van der Waals surface area (Å²) in [6.45, 7) is 6.89. The summed E-state index contributed by atoms with van der Waals surface area (Å²) < 4.78 is 7.09. The van der Waals surface area contributed by atoms with Crippen molar-refractivity contribution in [3.8, 4) is 0 Å². The molecule has 1 saturated carbocycles. The summed E-state index contributed by atoms with van der Waals surface area (Å²) in [6.07, 6.45) is 4.23. The Morgan fingerprint density at radius 3 is 2.88 bits per heavy atom. The van der Waals surface area contributed by atoms with Crippen molar-refractivity contribution in [2.45, 2.75) is 46.2 Å². The number of likely N-dealkylation sites (N-methyl/N-ethyl adjacent to an activating group) is 1. The van der Waals surface area contributed by atoms with Crippen LogP contribution in [0.1, 0.15) is 42.8 Å². The van der Waals surface area contributed by atoms with Crippen molar-refractivity contribution in [2.24, 2.45) is 5.92 Å². The van der Waals surface area contributed by atoms with Crippen molar-refractivity contribution in [2.75, 3.05) is 18.9 Å². The lowest BCUT2D eigenvalue weighted by Gasteiger charge is -2.18. The Morgan fingerprint density at radius 2 is 2.25 bits per heavy atom. The van der Waals surface area contributed by atoms with Crippen molar-refractivity contribution in [3.63, 3.8) is 0 Å². The Morgan fingerprint density at radius 1 is 1.50 bits per heavy atom. The Kier molecular flexibility index (Phi) is 4.71. The highest BCUT2D eigenvalue weighted by molar-refractivity contribution is 5.91. The lowest BCUT2D eigenvalue weighted by atomic mass is 10.2. The van der Waals surface area contributed by atoms with Crippen LogP contribution < -0.4 is 5.32 Å². The number of nitrogens with zero attached hydrogens (tertiary/aromatic N) is 4. The van der Waals surface area contributed by atoms with E-state index < -0.39 is 0 Å². The first kappa shape index (κ1) is 16.7. The number of aromatic nitrogens is 3. The maximum atomic E-state index is 12.3. The average Bonchev–Trinajstić information content (AvgIpc) is 3.21. The van der Waals surface area contributed by atoms with E-state index in [2.05, 4.69) is 22.5 Å². The monoisotopic (exact) mass is 331 g/mol. The molecular weight excluding hydrogens is 306 g/mol. The SMILES string of the molecule is Cc1noc(C)c1CN(C)CC(=O)Nc1ccnn1[C@@H](C)C1CC1. The number of rotatable bonds is 7. The number of aryl methyl sites for hydroxylation is 2. The van der Waals surface area contributed by atoms with E-state index in [1.54, 1.807) is 6.20 Å². The minimum atomic E-state index is -0.0472. The van der Waals surface area contributed by atoms with E-state index in [0.717, 1.165) is 22.8 Å². The third-order valence-corrected chi connectivity index (χ3v) is 4.65. The van der Waals surface area contributed by atoms with Gasteiger partial charge in [-0.2, -0.15) is 5.10 Å². The molecule has 0 spiro atoms. The highest BCUT2D eigenvalue weighted by Gasteiger charge is 2.30. The topological polar surface area (TPSA) is 76.2 Å². The van der Waals surface area contributed by atoms with Gasteiger partial charge in [-0.15, -0.1) is 0 Å². The van der Waals surface area contributed by atoms with Gasteiger partial charge in [0.2, 0.25) is 5.91 Å². The fourth-order valence-electron chi connectivity index (χ4n) is 3.00. The zero-order valence-electron chi connectivity index (χ0n) is 14.7. The molecule has 1 N–H and O–H groups in total. The number of hydrogen-bond acceptors (Lipinski definition) is 5. The number of nitrogens with one attached hydrogen (secondary N) is 1. The van der Waals surface area contributed by atoms with Crippen LogP contribution in [0.5, 0.6) is 0 Å². The quantitative estimate of drug-likeness (QED) is 0.844. The number of anilines is 1. The molecule has 0 bridgehead atoms. The second-order valence-electron chi connectivity index (χ2n) is 6.76. The number of hydrogen-bond donors (Lipinski definition) is 1. The van der Waals surface area contributed by atoms with Gasteiger partial charge in [0.25, 0.3) is 0 Å². The lowest BCUT2D eigenvalue weighted by molar-refractivity contribution is -0.117. The molecule has 130 valence electrons. The molecule has 7 nitrogen and oxygen atoms in total. The van der Waals surface area contributed by atoms with Gasteiger partial charge < -0.3 is 9.84 Å². The maximum Gasteiger partial charge on any atom is 0.239 e. The van der Waals surface area contributed by atoms with Crippen LogP contribution in [0.25, 0.3) is 0 Å². The second kappa shape index (κ2) is 6.76. The van der Waals surface area contributed by atoms with Gasteiger partial charge in [-0.25, -0.2) is 4.68 Å². The smallest absolute Gasteiger partial charge is 0.239 e. The second-order valence-corrected chi connectivity index (χ2v) is 6.76. The zero-order valence-corrected chi connectivity index (χ0v) is 14.7. The van der Waals surface area contributed by atoms with Crippen LogP contribution in [0.4, 0.5) is 5.82 Å². The molecule has 1 amide bonds. The standard InChI is InChI=1S/C17H25N5O2/c1-11-15(13(3)24-20-11)9-21(4)10-17(23)19-16-7-8-18-22(16)12(2)14-5-6-14/h7-8,12,14H,5-6,9-10H2,1-4H3,(H,19,23)/t12-/m0/s1. The number of carbonyl (C=O) groups excluding carboxylic acids is 1. The van der Waals surface area contributed by atoms with Crippen LogP contribution in [0.15, 0.2) is 16.8 Å². The molecule has 1 aliphatic carbocycles. The summed E-state index contributed by atoms with van der Waals surface area (Å²) in [5.41, 5.74) is 1.91. The fraction of sp³-hybridized carbons (Fsp3) is 0.588. The molecule has 1 fully saturated rings. The molecule has 1 atom stereocenters. The molecule has 1 aliphatic rings. The molecule has 2 aromatic heterocycles. The van der Waals surface area contributed by atoms with Crippen LogP contribution in [0, 0.1) is 19.8 Å².